The topological polar surface area (TPSA) is 65.4 Å². The van der Waals surface area contributed by atoms with Crippen molar-refractivity contribution in [2.24, 2.45) is 0 Å². The number of nitrogens with zero attached hydrogens (tertiary/aromatic N) is 2. The van der Waals surface area contributed by atoms with Gasteiger partial charge in [-0.05, 0) is 37.6 Å². The lowest BCUT2D eigenvalue weighted by Gasteiger charge is -2.11. The number of ether oxygens (including phenoxy) is 2. The van der Waals surface area contributed by atoms with E-state index in [1.807, 2.05) is 36.7 Å². The highest BCUT2D eigenvalue weighted by Crippen LogP contribution is 2.24. The molecule has 0 aliphatic carbocycles. The van der Waals surface area contributed by atoms with Crippen LogP contribution in [0.3, 0.4) is 0 Å². The van der Waals surface area contributed by atoms with Gasteiger partial charge < -0.3 is 14.8 Å². The van der Waals surface area contributed by atoms with Gasteiger partial charge in [0.25, 0.3) is 5.91 Å². The van der Waals surface area contributed by atoms with Crippen LogP contribution in [-0.2, 0) is 13.1 Å². The van der Waals surface area contributed by atoms with Gasteiger partial charge in [-0.15, -0.1) is 0 Å². The molecule has 1 amide bonds. The standard InChI is InChI=1S/C22H25N3O3/c1-15-20(16(2)25(24-15)14-17-8-6-5-7-9-17)13-23-22(26)19-12-18(27-3)10-11-21(19)28-4/h5-12H,13-14H2,1-4H3,(H,23,26). The molecule has 0 aliphatic rings. The number of methoxy groups -OCH3 is 2. The molecule has 0 atom stereocenters. The zero-order valence-electron chi connectivity index (χ0n) is 16.7. The van der Waals surface area contributed by atoms with E-state index in [9.17, 15) is 4.79 Å². The number of rotatable bonds is 7. The number of benzene rings is 2. The Kier molecular flexibility index (Phi) is 5.99. The quantitative estimate of drug-likeness (QED) is 0.682. The summed E-state index contributed by atoms with van der Waals surface area (Å²) >= 11 is 0. The summed E-state index contributed by atoms with van der Waals surface area (Å²) in [7, 11) is 3.11. The van der Waals surface area contributed by atoms with Crippen LogP contribution >= 0.6 is 0 Å². The number of aryl methyl sites for hydroxylation is 1. The number of hydrogen-bond donors (Lipinski definition) is 1. The van der Waals surface area contributed by atoms with E-state index in [1.165, 1.54) is 5.56 Å². The molecule has 0 bridgehead atoms. The van der Waals surface area contributed by atoms with Crippen molar-refractivity contribution in [2.45, 2.75) is 26.9 Å². The van der Waals surface area contributed by atoms with E-state index in [-0.39, 0.29) is 5.91 Å². The minimum absolute atomic E-state index is 0.217. The summed E-state index contributed by atoms with van der Waals surface area (Å²) in [5.74, 6) is 0.894. The van der Waals surface area contributed by atoms with Crippen LogP contribution in [0.25, 0.3) is 0 Å². The van der Waals surface area contributed by atoms with E-state index in [1.54, 1.807) is 32.4 Å². The van der Waals surface area contributed by atoms with Crippen LogP contribution in [0.4, 0.5) is 0 Å². The summed E-state index contributed by atoms with van der Waals surface area (Å²) in [5, 5.41) is 7.61. The molecule has 0 saturated heterocycles. The predicted molar refractivity (Wildman–Crippen MR) is 108 cm³/mol. The Balaban J connectivity index is 1.75. The Labute approximate surface area is 165 Å². The van der Waals surface area contributed by atoms with Crippen LogP contribution in [0.1, 0.15) is 32.9 Å². The third kappa shape index (κ3) is 4.17. The molecule has 1 N–H and O–H groups in total. The van der Waals surface area contributed by atoms with Gasteiger partial charge in [-0.3, -0.25) is 9.48 Å². The third-order valence-electron chi connectivity index (χ3n) is 4.78. The highest BCUT2D eigenvalue weighted by molar-refractivity contribution is 5.97. The maximum atomic E-state index is 12.7. The first-order chi connectivity index (χ1) is 13.5. The predicted octanol–water partition coefficient (Wildman–Crippen LogP) is 3.50. The Morgan fingerprint density at radius 2 is 1.82 bits per heavy atom. The molecule has 3 aromatic rings. The van der Waals surface area contributed by atoms with Crippen LogP contribution in [0, 0.1) is 13.8 Å². The van der Waals surface area contributed by atoms with Gasteiger partial charge in [-0.1, -0.05) is 30.3 Å². The molecule has 0 saturated carbocycles. The Morgan fingerprint density at radius 3 is 2.50 bits per heavy atom. The fraction of sp³-hybridized carbons (Fsp3) is 0.273. The Bertz CT molecular complexity index is 965. The number of amides is 1. The summed E-state index contributed by atoms with van der Waals surface area (Å²) < 4.78 is 12.5. The van der Waals surface area contributed by atoms with Gasteiger partial charge in [0.05, 0.1) is 32.0 Å². The summed E-state index contributed by atoms with van der Waals surface area (Å²) in [6, 6.07) is 15.3. The van der Waals surface area contributed by atoms with E-state index in [0.717, 1.165) is 17.0 Å². The molecule has 0 unspecified atom stereocenters. The molecule has 0 fully saturated rings. The monoisotopic (exact) mass is 379 g/mol. The molecule has 146 valence electrons. The SMILES string of the molecule is COc1ccc(OC)c(C(=O)NCc2c(C)nn(Cc3ccccc3)c2C)c1. The zero-order valence-corrected chi connectivity index (χ0v) is 16.7. The van der Waals surface area contributed by atoms with E-state index < -0.39 is 0 Å². The van der Waals surface area contributed by atoms with Crippen LogP contribution in [-0.4, -0.2) is 29.9 Å². The van der Waals surface area contributed by atoms with Crippen LogP contribution < -0.4 is 14.8 Å². The Hall–Kier alpha value is -3.28. The lowest BCUT2D eigenvalue weighted by Crippen LogP contribution is -2.24. The molecule has 0 aliphatic heterocycles. The minimum Gasteiger partial charge on any atom is -0.497 e. The van der Waals surface area contributed by atoms with E-state index in [4.69, 9.17) is 9.47 Å². The fourth-order valence-electron chi connectivity index (χ4n) is 3.16. The number of carbonyl (C=O) groups is 1. The van der Waals surface area contributed by atoms with E-state index in [0.29, 0.717) is 30.2 Å². The highest BCUT2D eigenvalue weighted by atomic mass is 16.5. The Morgan fingerprint density at radius 1 is 1.07 bits per heavy atom. The lowest BCUT2D eigenvalue weighted by molar-refractivity contribution is 0.0947. The first kappa shape index (κ1) is 19.5. The molecule has 28 heavy (non-hydrogen) atoms. The molecule has 6 nitrogen and oxygen atoms in total. The first-order valence-corrected chi connectivity index (χ1v) is 9.10. The van der Waals surface area contributed by atoms with Gasteiger partial charge in [0.15, 0.2) is 0 Å². The van der Waals surface area contributed by atoms with Crippen molar-refractivity contribution in [2.75, 3.05) is 14.2 Å². The second kappa shape index (κ2) is 8.61. The van der Waals surface area contributed by atoms with Gasteiger partial charge in [0.2, 0.25) is 0 Å². The summed E-state index contributed by atoms with van der Waals surface area (Å²) in [5.41, 5.74) is 4.59. The highest BCUT2D eigenvalue weighted by Gasteiger charge is 2.16. The zero-order chi connectivity index (χ0) is 20.1. The number of carbonyl (C=O) groups excluding carboxylic acids is 1. The van der Waals surface area contributed by atoms with Crippen molar-refractivity contribution in [1.82, 2.24) is 15.1 Å². The molecule has 0 radical (unpaired) electrons. The minimum atomic E-state index is -0.217. The molecule has 1 heterocycles. The average molecular weight is 379 g/mol. The molecule has 6 heteroatoms. The normalized spacial score (nSPS) is 10.6. The van der Waals surface area contributed by atoms with Crippen molar-refractivity contribution in [1.29, 1.82) is 0 Å². The second-order valence-electron chi connectivity index (χ2n) is 6.54. The summed E-state index contributed by atoms with van der Waals surface area (Å²) in [6.45, 7) is 5.08. The van der Waals surface area contributed by atoms with E-state index >= 15 is 0 Å². The maximum Gasteiger partial charge on any atom is 0.255 e. The molecule has 2 aromatic carbocycles. The van der Waals surface area contributed by atoms with Crippen LogP contribution in [0.5, 0.6) is 11.5 Å². The van der Waals surface area contributed by atoms with Gasteiger partial charge >= 0.3 is 0 Å². The van der Waals surface area contributed by atoms with Crippen LogP contribution in [0.15, 0.2) is 48.5 Å². The van der Waals surface area contributed by atoms with E-state index in [2.05, 4.69) is 22.5 Å². The number of hydrogen-bond acceptors (Lipinski definition) is 4. The van der Waals surface area contributed by atoms with Gasteiger partial charge in [-0.25, -0.2) is 0 Å². The maximum absolute atomic E-state index is 12.7. The van der Waals surface area contributed by atoms with Crippen molar-refractivity contribution >= 4 is 5.91 Å². The summed E-state index contributed by atoms with van der Waals surface area (Å²) in [6.07, 6.45) is 0. The second-order valence-corrected chi connectivity index (χ2v) is 6.54. The largest absolute Gasteiger partial charge is 0.497 e. The third-order valence-corrected chi connectivity index (χ3v) is 4.78. The lowest BCUT2D eigenvalue weighted by atomic mass is 10.1. The number of aromatic nitrogens is 2. The van der Waals surface area contributed by atoms with Gasteiger partial charge in [-0.2, -0.15) is 5.10 Å². The van der Waals surface area contributed by atoms with Crippen molar-refractivity contribution in [3.05, 3.63) is 76.6 Å². The van der Waals surface area contributed by atoms with Crippen molar-refractivity contribution in [3.63, 3.8) is 0 Å². The van der Waals surface area contributed by atoms with Crippen molar-refractivity contribution < 1.29 is 14.3 Å². The number of nitrogens with one attached hydrogen (secondary N) is 1. The van der Waals surface area contributed by atoms with Crippen LogP contribution in [0.2, 0.25) is 0 Å². The molecule has 0 spiro atoms. The summed E-state index contributed by atoms with van der Waals surface area (Å²) in [4.78, 5) is 12.7. The average Bonchev–Trinajstić information content (AvgIpc) is 2.99. The fourth-order valence-corrected chi connectivity index (χ4v) is 3.16. The van der Waals surface area contributed by atoms with Crippen molar-refractivity contribution in [3.8, 4) is 11.5 Å². The molecule has 3 rings (SSSR count). The first-order valence-electron chi connectivity index (χ1n) is 9.10. The smallest absolute Gasteiger partial charge is 0.255 e. The molecular formula is C22H25N3O3. The van der Waals surface area contributed by atoms with Gasteiger partial charge in [0, 0.05) is 17.8 Å². The molecular weight excluding hydrogens is 354 g/mol. The molecule has 1 aromatic heterocycles. The van der Waals surface area contributed by atoms with Gasteiger partial charge in [0.1, 0.15) is 11.5 Å².